The average Bonchev–Trinajstić information content (AvgIpc) is 2.58. The van der Waals surface area contributed by atoms with Crippen LogP contribution in [0.2, 0.25) is 5.02 Å². The fraction of sp³-hybridized carbons (Fsp3) is 0.176. The van der Waals surface area contributed by atoms with E-state index in [1.807, 2.05) is 47.4 Å². The summed E-state index contributed by atoms with van der Waals surface area (Å²) < 4.78 is 4.95. The Balaban J connectivity index is 1.99. The molecule has 2 aromatic carbocycles. The number of carbonyl (C=O) groups is 1. The number of anilines is 2. The lowest BCUT2D eigenvalue weighted by Crippen LogP contribution is -2.53. The molecule has 124 valence electrons. The molecule has 0 saturated heterocycles. The number of hydrogen-bond acceptors (Lipinski definition) is 4. The fourth-order valence-electron chi connectivity index (χ4n) is 2.52. The van der Waals surface area contributed by atoms with Crippen LogP contribution in [0.4, 0.5) is 16.2 Å². The van der Waals surface area contributed by atoms with E-state index in [2.05, 4.69) is 5.43 Å². The van der Waals surface area contributed by atoms with Gasteiger partial charge >= 0.3 is 6.09 Å². The number of nitrogens with zero attached hydrogens (tertiary/aromatic N) is 2. The van der Waals surface area contributed by atoms with Crippen molar-refractivity contribution in [3.8, 4) is 0 Å². The van der Waals surface area contributed by atoms with Gasteiger partial charge in [0.2, 0.25) is 0 Å². The van der Waals surface area contributed by atoms with Crippen molar-refractivity contribution in [1.82, 2.24) is 10.4 Å². The first-order valence-electron chi connectivity index (χ1n) is 7.47. The van der Waals surface area contributed by atoms with Gasteiger partial charge in [0, 0.05) is 16.3 Å². The summed E-state index contributed by atoms with van der Waals surface area (Å²) in [5.41, 5.74) is 5.38. The molecule has 0 saturated carbocycles. The van der Waals surface area contributed by atoms with Crippen LogP contribution in [0, 0.1) is 0 Å². The highest BCUT2D eigenvalue weighted by atomic mass is 35.5. The number of para-hydroxylation sites is 1. The van der Waals surface area contributed by atoms with Gasteiger partial charge in [-0.15, -0.1) is 0 Å². The number of hydrogen-bond donors (Lipinski definition) is 1. The quantitative estimate of drug-likeness (QED) is 0.834. The van der Waals surface area contributed by atoms with E-state index >= 15 is 0 Å². The Morgan fingerprint density at radius 1 is 1.29 bits per heavy atom. The Bertz CT molecular complexity index is 770. The van der Waals surface area contributed by atoms with Gasteiger partial charge in [-0.25, -0.2) is 10.2 Å². The number of halogens is 1. The molecule has 24 heavy (non-hydrogen) atoms. The molecule has 2 aromatic rings. The van der Waals surface area contributed by atoms with E-state index in [0.29, 0.717) is 23.3 Å². The monoisotopic (exact) mass is 361 g/mol. The Hall–Kier alpha value is -2.31. The molecule has 1 N–H and O–H groups in total. The molecule has 7 heteroatoms. The summed E-state index contributed by atoms with van der Waals surface area (Å²) in [4.78, 5) is 14.3. The first-order chi connectivity index (χ1) is 11.6. The molecule has 1 aliphatic heterocycles. The molecular weight excluding hydrogens is 346 g/mol. The van der Waals surface area contributed by atoms with Crippen LogP contribution in [0.15, 0.2) is 48.5 Å². The molecule has 0 aromatic heterocycles. The lowest BCUT2D eigenvalue weighted by atomic mass is 10.1. The smallest absolute Gasteiger partial charge is 0.426 e. The Kier molecular flexibility index (Phi) is 4.87. The second kappa shape index (κ2) is 7.07. The van der Waals surface area contributed by atoms with Gasteiger partial charge in [0.05, 0.1) is 12.3 Å². The predicted molar refractivity (Wildman–Crippen MR) is 98.6 cm³/mol. The Labute approximate surface area is 150 Å². The fourth-order valence-corrected chi connectivity index (χ4v) is 2.97. The van der Waals surface area contributed by atoms with Gasteiger partial charge in [-0.1, -0.05) is 42.0 Å². The molecule has 3 rings (SSSR count). The van der Waals surface area contributed by atoms with Crippen LogP contribution in [-0.2, 0) is 4.74 Å². The summed E-state index contributed by atoms with van der Waals surface area (Å²) in [6.07, 6.45) is -0.537. The van der Waals surface area contributed by atoms with Gasteiger partial charge in [0.1, 0.15) is 11.7 Å². The number of carbonyl (C=O) groups excluding carboxylic acids is 1. The van der Waals surface area contributed by atoms with Crippen molar-refractivity contribution < 1.29 is 9.53 Å². The van der Waals surface area contributed by atoms with E-state index in [1.54, 1.807) is 18.0 Å². The first kappa shape index (κ1) is 16.5. The molecule has 0 atom stereocenters. The number of hydrazine groups is 1. The second-order valence-corrected chi connectivity index (χ2v) is 5.96. The lowest BCUT2D eigenvalue weighted by molar-refractivity contribution is 0.131. The number of nitrogens with one attached hydrogen (secondary N) is 1. The molecule has 0 bridgehead atoms. The number of amides is 1. The highest BCUT2D eigenvalue weighted by Crippen LogP contribution is 2.35. The van der Waals surface area contributed by atoms with Gasteiger partial charge in [0.25, 0.3) is 0 Å². The third-order valence-electron chi connectivity index (χ3n) is 3.58. The second-order valence-electron chi connectivity index (χ2n) is 5.13. The summed E-state index contributed by atoms with van der Waals surface area (Å²) in [6.45, 7) is 2.40. The normalized spacial score (nSPS) is 13.5. The summed E-state index contributed by atoms with van der Waals surface area (Å²) in [7, 11) is 0. The SMILES string of the molecule is CCOC(=O)NN1CN(c2ccccc2)c2cc(Cl)ccc2C1=S. The van der Waals surface area contributed by atoms with Gasteiger partial charge in [-0.2, -0.15) is 0 Å². The number of thiocarbonyl (C=S) groups is 1. The van der Waals surface area contributed by atoms with Crippen LogP contribution in [0.25, 0.3) is 0 Å². The first-order valence-corrected chi connectivity index (χ1v) is 8.26. The standard InChI is InChI=1S/C17H16ClN3O2S/c1-2-23-17(22)19-21-11-20(13-6-4-3-5-7-13)15-10-12(18)8-9-14(15)16(21)24/h3-10H,2,11H2,1H3,(H,19,22). The Morgan fingerprint density at radius 3 is 2.75 bits per heavy atom. The van der Waals surface area contributed by atoms with E-state index in [1.165, 1.54) is 0 Å². The minimum atomic E-state index is -0.537. The molecule has 0 fully saturated rings. The largest absolute Gasteiger partial charge is 0.449 e. The van der Waals surface area contributed by atoms with Crippen LogP contribution in [0.5, 0.6) is 0 Å². The van der Waals surface area contributed by atoms with E-state index < -0.39 is 6.09 Å². The third kappa shape index (κ3) is 3.29. The van der Waals surface area contributed by atoms with Gasteiger partial charge in [-0.05, 0) is 37.3 Å². The molecule has 5 nitrogen and oxygen atoms in total. The maximum Gasteiger partial charge on any atom is 0.426 e. The lowest BCUT2D eigenvalue weighted by Gasteiger charge is -2.39. The Morgan fingerprint density at radius 2 is 2.04 bits per heavy atom. The van der Waals surface area contributed by atoms with Crippen molar-refractivity contribution >= 4 is 46.3 Å². The van der Waals surface area contributed by atoms with E-state index in [0.717, 1.165) is 16.9 Å². The van der Waals surface area contributed by atoms with Crippen molar-refractivity contribution in [2.75, 3.05) is 18.2 Å². The number of ether oxygens (including phenoxy) is 1. The molecule has 1 heterocycles. The minimum absolute atomic E-state index is 0.293. The van der Waals surface area contributed by atoms with Gasteiger partial charge in [-0.3, -0.25) is 5.01 Å². The van der Waals surface area contributed by atoms with Crippen LogP contribution in [-0.4, -0.2) is 29.4 Å². The van der Waals surface area contributed by atoms with Crippen molar-refractivity contribution in [2.24, 2.45) is 0 Å². The zero-order chi connectivity index (χ0) is 17.1. The molecular formula is C17H16ClN3O2S. The molecule has 1 amide bonds. The summed E-state index contributed by atoms with van der Waals surface area (Å²) in [5, 5.41) is 2.22. The van der Waals surface area contributed by atoms with Crippen LogP contribution < -0.4 is 10.3 Å². The van der Waals surface area contributed by atoms with Crippen LogP contribution >= 0.6 is 23.8 Å². The average molecular weight is 362 g/mol. The van der Waals surface area contributed by atoms with Crippen molar-refractivity contribution in [2.45, 2.75) is 6.92 Å². The van der Waals surface area contributed by atoms with E-state index in [-0.39, 0.29) is 0 Å². The number of rotatable bonds is 3. The maximum absolute atomic E-state index is 11.8. The highest BCUT2D eigenvalue weighted by Gasteiger charge is 2.29. The van der Waals surface area contributed by atoms with Crippen LogP contribution in [0.1, 0.15) is 12.5 Å². The summed E-state index contributed by atoms with van der Waals surface area (Å²) in [6, 6.07) is 15.3. The van der Waals surface area contributed by atoms with Crippen molar-refractivity contribution in [3.05, 3.63) is 59.1 Å². The molecule has 0 aliphatic carbocycles. The van der Waals surface area contributed by atoms with Gasteiger partial charge in [0.15, 0.2) is 0 Å². The zero-order valence-electron chi connectivity index (χ0n) is 13.0. The highest BCUT2D eigenvalue weighted by molar-refractivity contribution is 7.80. The summed E-state index contributed by atoms with van der Waals surface area (Å²) >= 11 is 11.7. The number of fused-ring (bicyclic) bond motifs is 1. The maximum atomic E-state index is 11.8. The van der Waals surface area contributed by atoms with Crippen molar-refractivity contribution in [3.63, 3.8) is 0 Å². The minimum Gasteiger partial charge on any atom is -0.449 e. The van der Waals surface area contributed by atoms with Crippen molar-refractivity contribution in [1.29, 1.82) is 0 Å². The zero-order valence-corrected chi connectivity index (χ0v) is 14.6. The third-order valence-corrected chi connectivity index (χ3v) is 4.25. The van der Waals surface area contributed by atoms with E-state index in [4.69, 9.17) is 28.6 Å². The molecule has 0 unspecified atom stereocenters. The van der Waals surface area contributed by atoms with E-state index in [9.17, 15) is 4.79 Å². The van der Waals surface area contributed by atoms with Gasteiger partial charge < -0.3 is 9.64 Å². The summed E-state index contributed by atoms with van der Waals surface area (Å²) in [5.74, 6) is 0. The molecule has 0 spiro atoms. The van der Waals surface area contributed by atoms with Crippen LogP contribution in [0.3, 0.4) is 0 Å². The molecule has 1 aliphatic rings. The molecule has 0 radical (unpaired) electrons. The number of benzene rings is 2. The topological polar surface area (TPSA) is 44.8 Å². The predicted octanol–water partition coefficient (Wildman–Crippen LogP) is 4.09.